The van der Waals surface area contributed by atoms with Gasteiger partial charge >= 0.3 is 0 Å². The van der Waals surface area contributed by atoms with Crippen molar-refractivity contribution in [3.8, 4) is 0 Å². The topological polar surface area (TPSA) is 58.3 Å². The van der Waals surface area contributed by atoms with Crippen LogP contribution in [0.15, 0.2) is 12.4 Å². The van der Waals surface area contributed by atoms with E-state index in [1.807, 2.05) is 0 Å². The van der Waals surface area contributed by atoms with E-state index in [0.29, 0.717) is 12.6 Å². The Bertz CT molecular complexity index is 368. The fourth-order valence-corrected chi connectivity index (χ4v) is 2.35. The van der Waals surface area contributed by atoms with Gasteiger partial charge in [-0.25, -0.2) is 4.98 Å². The lowest BCUT2D eigenvalue weighted by molar-refractivity contribution is 0.212. The van der Waals surface area contributed by atoms with Crippen LogP contribution in [0.1, 0.15) is 19.0 Å². The highest BCUT2D eigenvalue weighted by molar-refractivity contribution is 5.43. The number of rotatable bonds is 3. The van der Waals surface area contributed by atoms with Crippen molar-refractivity contribution >= 4 is 5.82 Å². The molecule has 94 valence electrons. The highest BCUT2D eigenvalue weighted by atomic mass is 15.3. The Kier molecular flexibility index (Phi) is 3.91. The predicted octanol–water partition coefficient (Wildman–Crippen LogP) is 0.466. The molecule has 0 aliphatic carbocycles. The molecule has 0 saturated carbocycles. The molecule has 0 amide bonds. The van der Waals surface area contributed by atoms with Crippen LogP contribution in [0.5, 0.6) is 0 Å². The Morgan fingerprint density at radius 2 is 2.12 bits per heavy atom. The minimum Gasteiger partial charge on any atom is -0.352 e. The van der Waals surface area contributed by atoms with Crippen molar-refractivity contribution in [2.24, 2.45) is 5.73 Å². The van der Waals surface area contributed by atoms with Crippen molar-refractivity contribution in [2.75, 3.05) is 31.6 Å². The van der Waals surface area contributed by atoms with Crippen LogP contribution in [0.25, 0.3) is 0 Å². The molecular formula is C12H21N5. The third-order valence-corrected chi connectivity index (χ3v) is 3.49. The van der Waals surface area contributed by atoms with E-state index in [2.05, 4.69) is 33.7 Å². The predicted molar refractivity (Wildman–Crippen MR) is 68.8 cm³/mol. The fraction of sp³-hybridized carbons (Fsp3) is 0.667. The van der Waals surface area contributed by atoms with E-state index in [-0.39, 0.29) is 0 Å². The highest BCUT2D eigenvalue weighted by Gasteiger charge is 2.25. The number of anilines is 1. The largest absolute Gasteiger partial charge is 0.352 e. The van der Waals surface area contributed by atoms with Crippen LogP contribution in [0.3, 0.4) is 0 Å². The summed E-state index contributed by atoms with van der Waals surface area (Å²) in [6.45, 7) is 5.76. The molecule has 0 radical (unpaired) electrons. The number of aromatic nitrogens is 2. The first kappa shape index (κ1) is 12.3. The van der Waals surface area contributed by atoms with E-state index in [1.54, 1.807) is 12.4 Å². The molecule has 0 spiro atoms. The molecule has 1 aliphatic rings. The maximum absolute atomic E-state index is 5.71. The lowest BCUT2D eigenvalue weighted by Gasteiger charge is -2.40. The first-order valence-electron chi connectivity index (χ1n) is 6.21. The van der Waals surface area contributed by atoms with Crippen LogP contribution in [0.4, 0.5) is 5.82 Å². The summed E-state index contributed by atoms with van der Waals surface area (Å²) in [6, 6.07) is 0.594. The summed E-state index contributed by atoms with van der Waals surface area (Å²) < 4.78 is 0. The first-order valence-corrected chi connectivity index (χ1v) is 6.21. The Labute approximate surface area is 103 Å². The number of nitrogens with two attached hydrogens (primary N) is 1. The third kappa shape index (κ3) is 2.56. The normalized spacial score (nSPS) is 21.8. The Morgan fingerprint density at radius 1 is 1.35 bits per heavy atom. The number of hydrogen-bond donors (Lipinski definition) is 1. The molecule has 1 fully saturated rings. The van der Waals surface area contributed by atoms with Crippen LogP contribution in [0, 0.1) is 0 Å². The van der Waals surface area contributed by atoms with Gasteiger partial charge in [0.2, 0.25) is 0 Å². The minimum atomic E-state index is 0.451. The molecule has 17 heavy (non-hydrogen) atoms. The van der Waals surface area contributed by atoms with Gasteiger partial charge in [0.25, 0.3) is 0 Å². The quantitative estimate of drug-likeness (QED) is 0.825. The van der Waals surface area contributed by atoms with Crippen molar-refractivity contribution in [2.45, 2.75) is 25.9 Å². The van der Waals surface area contributed by atoms with Crippen LogP contribution in [-0.4, -0.2) is 47.6 Å². The number of hydrogen-bond acceptors (Lipinski definition) is 5. The SMILES string of the molecule is CCC1CN(c2nccnc2CN)CCN1C. The van der Waals surface area contributed by atoms with E-state index in [0.717, 1.165) is 37.6 Å². The molecule has 0 aromatic carbocycles. The molecule has 1 aliphatic heterocycles. The molecule has 1 atom stereocenters. The zero-order valence-electron chi connectivity index (χ0n) is 10.6. The molecule has 5 nitrogen and oxygen atoms in total. The van der Waals surface area contributed by atoms with Crippen molar-refractivity contribution < 1.29 is 0 Å². The summed E-state index contributed by atoms with van der Waals surface area (Å²) in [7, 11) is 2.19. The maximum atomic E-state index is 5.71. The Hall–Kier alpha value is -1.20. The second-order valence-electron chi connectivity index (χ2n) is 4.52. The average Bonchev–Trinajstić information content (AvgIpc) is 2.39. The van der Waals surface area contributed by atoms with Crippen molar-refractivity contribution in [3.05, 3.63) is 18.1 Å². The zero-order valence-corrected chi connectivity index (χ0v) is 10.6. The standard InChI is InChI=1S/C12H21N5/c1-3-10-9-17(7-6-16(10)2)12-11(8-13)14-4-5-15-12/h4-5,10H,3,6-9,13H2,1-2H3. The summed E-state index contributed by atoms with van der Waals surface area (Å²) in [5, 5.41) is 0. The maximum Gasteiger partial charge on any atom is 0.151 e. The van der Waals surface area contributed by atoms with Gasteiger partial charge in [0.05, 0.1) is 5.69 Å². The first-order chi connectivity index (χ1) is 8.26. The molecule has 0 bridgehead atoms. The van der Waals surface area contributed by atoms with Crippen molar-refractivity contribution in [1.29, 1.82) is 0 Å². The second-order valence-corrected chi connectivity index (χ2v) is 4.52. The van der Waals surface area contributed by atoms with Crippen LogP contribution in [0.2, 0.25) is 0 Å². The van der Waals surface area contributed by atoms with Crippen molar-refractivity contribution in [3.63, 3.8) is 0 Å². The summed E-state index contributed by atoms with van der Waals surface area (Å²) in [5.74, 6) is 0.960. The van der Waals surface area contributed by atoms with Gasteiger partial charge in [-0.1, -0.05) is 6.92 Å². The van der Waals surface area contributed by atoms with Crippen LogP contribution >= 0.6 is 0 Å². The summed E-state index contributed by atoms with van der Waals surface area (Å²) in [6.07, 6.45) is 4.61. The summed E-state index contributed by atoms with van der Waals surface area (Å²) in [5.41, 5.74) is 6.61. The molecule has 1 unspecified atom stereocenters. The Balaban J connectivity index is 2.17. The van der Waals surface area contributed by atoms with Crippen LogP contribution in [-0.2, 0) is 6.54 Å². The van der Waals surface area contributed by atoms with Gasteiger partial charge in [0, 0.05) is 44.6 Å². The van der Waals surface area contributed by atoms with Gasteiger partial charge in [0.1, 0.15) is 0 Å². The van der Waals surface area contributed by atoms with Gasteiger partial charge in [0.15, 0.2) is 5.82 Å². The molecule has 1 aromatic heterocycles. The van der Waals surface area contributed by atoms with Crippen molar-refractivity contribution in [1.82, 2.24) is 14.9 Å². The molecule has 1 saturated heterocycles. The van der Waals surface area contributed by atoms with E-state index >= 15 is 0 Å². The smallest absolute Gasteiger partial charge is 0.151 e. The van der Waals surface area contributed by atoms with Gasteiger partial charge in [-0.05, 0) is 13.5 Å². The lowest BCUT2D eigenvalue weighted by Crippen LogP contribution is -2.51. The monoisotopic (exact) mass is 235 g/mol. The number of piperazine rings is 1. The van der Waals surface area contributed by atoms with Gasteiger partial charge in [-0.3, -0.25) is 9.88 Å². The van der Waals surface area contributed by atoms with Gasteiger partial charge in [-0.2, -0.15) is 0 Å². The molecule has 1 aromatic rings. The molecule has 5 heteroatoms. The van der Waals surface area contributed by atoms with Gasteiger partial charge < -0.3 is 10.6 Å². The zero-order chi connectivity index (χ0) is 12.3. The summed E-state index contributed by atoms with van der Waals surface area (Å²) in [4.78, 5) is 13.5. The minimum absolute atomic E-state index is 0.451. The third-order valence-electron chi connectivity index (χ3n) is 3.49. The molecule has 2 rings (SSSR count). The number of likely N-dealkylation sites (N-methyl/N-ethyl adjacent to an activating group) is 1. The second kappa shape index (κ2) is 5.42. The fourth-order valence-electron chi connectivity index (χ4n) is 2.35. The van der Waals surface area contributed by atoms with E-state index in [1.165, 1.54) is 0 Å². The van der Waals surface area contributed by atoms with Crippen LogP contribution < -0.4 is 10.6 Å². The average molecular weight is 235 g/mol. The number of nitrogens with zero attached hydrogens (tertiary/aromatic N) is 4. The van der Waals surface area contributed by atoms with E-state index < -0.39 is 0 Å². The van der Waals surface area contributed by atoms with Gasteiger partial charge in [-0.15, -0.1) is 0 Å². The molecule has 2 heterocycles. The highest BCUT2D eigenvalue weighted by Crippen LogP contribution is 2.19. The Morgan fingerprint density at radius 3 is 2.82 bits per heavy atom. The lowest BCUT2D eigenvalue weighted by atomic mass is 10.1. The van der Waals surface area contributed by atoms with E-state index in [4.69, 9.17) is 5.73 Å². The summed E-state index contributed by atoms with van der Waals surface area (Å²) >= 11 is 0. The molecule has 2 N–H and O–H groups in total. The van der Waals surface area contributed by atoms with E-state index in [9.17, 15) is 0 Å². The molecular weight excluding hydrogens is 214 g/mol.